The fourth-order valence-electron chi connectivity index (χ4n) is 2.10. The van der Waals surface area contributed by atoms with E-state index in [4.69, 9.17) is 0 Å². The second kappa shape index (κ2) is 3.67. The van der Waals surface area contributed by atoms with E-state index in [-0.39, 0.29) is 30.4 Å². The third-order valence-electron chi connectivity index (χ3n) is 2.81. The van der Waals surface area contributed by atoms with Crippen LogP contribution in [0.2, 0.25) is 0 Å². The summed E-state index contributed by atoms with van der Waals surface area (Å²) in [5.74, 6) is -0.427. The lowest BCUT2D eigenvalue weighted by atomic mass is 10.1. The Hall–Kier alpha value is -0.940. The van der Waals surface area contributed by atoms with Gasteiger partial charge < -0.3 is 5.11 Å². The van der Waals surface area contributed by atoms with Gasteiger partial charge >= 0.3 is 0 Å². The number of amides is 2. The standard InChI is InChI=1S/C9H14N2O3/c12-6-2-1-3-11(5-6)7-4-8(13)10-9(7)14/h6-7,12H,1-5H2,(H,10,13,14). The molecule has 2 saturated heterocycles. The number of likely N-dealkylation sites (tertiary alicyclic amines) is 1. The van der Waals surface area contributed by atoms with E-state index in [1.54, 1.807) is 0 Å². The minimum Gasteiger partial charge on any atom is -0.392 e. The van der Waals surface area contributed by atoms with Crippen molar-refractivity contribution in [2.75, 3.05) is 13.1 Å². The van der Waals surface area contributed by atoms with Gasteiger partial charge in [-0.3, -0.25) is 19.8 Å². The quantitative estimate of drug-likeness (QED) is 0.522. The maximum Gasteiger partial charge on any atom is 0.244 e. The van der Waals surface area contributed by atoms with E-state index in [2.05, 4.69) is 5.32 Å². The second-order valence-electron chi connectivity index (χ2n) is 3.92. The summed E-state index contributed by atoms with van der Waals surface area (Å²) >= 11 is 0. The van der Waals surface area contributed by atoms with Gasteiger partial charge in [-0.2, -0.15) is 0 Å². The monoisotopic (exact) mass is 198 g/mol. The molecule has 78 valence electrons. The minimum atomic E-state index is -0.354. The number of nitrogens with one attached hydrogen (secondary N) is 1. The van der Waals surface area contributed by atoms with Crippen LogP contribution in [0.5, 0.6) is 0 Å². The van der Waals surface area contributed by atoms with Crippen molar-refractivity contribution in [3.8, 4) is 0 Å². The van der Waals surface area contributed by atoms with Crippen LogP contribution >= 0.6 is 0 Å². The van der Waals surface area contributed by atoms with Crippen molar-refractivity contribution in [2.45, 2.75) is 31.4 Å². The summed E-state index contributed by atoms with van der Waals surface area (Å²) in [4.78, 5) is 24.2. The first kappa shape index (κ1) is 9.61. The van der Waals surface area contributed by atoms with Gasteiger partial charge in [0.25, 0.3) is 0 Å². The summed E-state index contributed by atoms with van der Waals surface area (Å²) in [6, 6.07) is -0.350. The predicted octanol–water partition coefficient (Wildman–Crippen LogP) is -1.14. The molecule has 14 heavy (non-hydrogen) atoms. The molecule has 0 radical (unpaired) electrons. The molecule has 2 rings (SSSR count). The molecule has 2 amide bonds. The number of aliphatic hydroxyl groups excluding tert-OH is 1. The van der Waals surface area contributed by atoms with Crippen molar-refractivity contribution in [1.29, 1.82) is 0 Å². The summed E-state index contributed by atoms with van der Waals surface area (Å²) in [6.45, 7) is 1.30. The molecule has 2 atom stereocenters. The molecule has 5 heteroatoms. The smallest absolute Gasteiger partial charge is 0.244 e. The van der Waals surface area contributed by atoms with Crippen molar-refractivity contribution in [1.82, 2.24) is 10.2 Å². The Balaban J connectivity index is 2.00. The highest BCUT2D eigenvalue weighted by Crippen LogP contribution is 2.17. The number of hydrogen-bond acceptors (Lipinski definition) is 4. The third kappa shape index (κ3) is 1.78. The average molecular weight is 198 g/mol. The van der Waals surface area contributed by atoms with Gasteiger partial charge in [0.1, 0.15) is 0 Å². The molecule has 2 unspecified atom stereocenters. The first-order valence-electron chi connectivity index (χ1n) is 4.92. The Labute approximate surface area is 82.1 Å². The van der Waals surface area contributed by atoms with Crippen LogP contribution in [0.4, 0.5) is 0 Å². The summed E-state index contributed by atoms with van der Waals surface area (Å²) in [7, 11) is 0. The van der Waals surface area contributed by atoms with Crippen LogP contribution in [-0.4, -0.2) is 47.1 Å². The van der Waals surface area contributed by atoms with Gasteiger partial charge in [-0.15, -0.1) is 0 Å². The lowest BCUT2D eigenvalue weighted by molar-refractivity contribution is -0.126. The van der Waals surface area contributed by atoms with Crippen LogP contribution in [-0.2, 0) is 9.59 Å². The maximum atomic E-state index is 11.3. The number of carbonyl (C=O) groups is 2. The Morgan fingerprint density at radius 3 is 2.79 bits per heavy atom. The van der Waals surface area contributed by atoms with Crippen molar-refractivity contribution < 1.29 is 14.7 Å². The fourth-order valence-corrected chi connectivity index (χ4v) is 2.10. The summed E-state index contributed by atoms with van der Waals surface area (Å²) < 4.78 is 0. The highest BCUT2D eigenvalue weighted by Gasteiger charge is 2.36. The summed E-state index contributed by atoms with van der Waals surface area (Å²) in [5, 5.41) is 11.7. The largest absolute Gasteiger partial charge is 0.392 e. The van der Waals surface area contributed by atoms with E-state index in [0.717, 1.165) is 19.4 Å². The fraction of sp³-hybridized carbons (Fsp3) is 0.778. The number of aliphatic hydroxyl groups is 1. The Kier molecular flexibility index (Phi) is 2.52. The summed E-state index contributed by atoms with van der Waals surface area (Å²) in [6.07, 6.45) is 1.57. The minimum absolute atomic E-state index is 0.208. The molecule has 0 aromatic carbocycles. The first-order valence-corrected chi connectivity index (χ1v) is 4.92. The SMILES string of the molecule is O=C1CC(N2CCCC(O)C2)C(=O)N1. The Morgan fingerprint density at radius 2 is 2.21 bits per heavy atom. The molecule has 0 aliphatic carbocycles. The molecule has 0 bridgehead atoms. The van der Waals surface area contributed by atoms with Crippen molar-refractivity contribution in [3.05, 3.63) is 0 Å². The van der Waals surface area contributed by atoms with Crippen molar-refractivity contribution in [2.24, 2.45) is 0 Å². The van der Waals surface area contributed by atoms with Gasteiger partial charge in [-0.05, 0) is 19.4 Å². The van der Waals surface area contributed by atoms with E-state index < -0.39 is 0 Å². The van der Waals surface area contributed by atoms with Gasteiger partial charge in [0.05, 0.1) is 18.6 Å². The van der Waals surface area contributed by atoms with Crippen LogP contribution in [0.1, 0.15) is 19.3 Å². The third-order valence-corrected chi connectivity index (χ3v) is 2.81. The van der Waals surface area contributed by atoms with Gasteiger partial charge in [0, 0.05) is 6.54 Å². The highest BCUT2D eigenvalue weighted by molar-refractivity contribution is 6.05. The number of piperidine rings is 1. The van der Waals surface area contributed by atoms with Crippen LogP contribution in [0.25, 0.3) is 0 Å². The van der Waals surface area contributed by atoms with E-state index in [1.807, 2.05) is 4.90 Å². The molecule has 5 nitrogen and oxygen atoms in total. The molecule has 2 N–H and O–H groups in total. The van der Waals surface area contributed by atoms with E-state index in [0.29, 0.717) is 6.54 Å². The van der Waals surface area contributed by atoms with Crippen molar-refractivity contribution >= 4 is 11.8 Å². The topological polar surface area (TPSA) is 69.6 Å². The second-order valence-corrected chi connectivity index (χ2v) is 3.92. The van der Waals surface area contributed by atoms with Gasteiger partial charge in [-0.25, -0.2) is 0 Å². The predicted molar refractivity (Wildman–Crippen MR) is 48.4 cm³/mol. The van der Waals surface area contributed by atoms with Crippen molar-refractivity contribution in [3.63, 3.8) is 0 Å². The molecule has 2 fully saturated rings. The zero-order valence-corrected chi connectivity index (χ0v) is 7.90. The molecule has 0 saturated carbocycles. The number of β-amino-alcohol motifs (C(OH)–C–C–N with tert-alkyl or cyclic N) is 1. The molecule has 0 aromatic heterocycles. The zero-order valence-electron chi connectivity index (χ0n) is 7.90. The normalized spacial score (nSPS) is 34.6. The molecule has 2 heterocycles. The first-order chi connectivity index (χ1) is 6.66. The number of hydrogen-bond donors (Lipinski definition) is 2. The van der Waals surface area contributed by atoms with Crippen LogP contribution in [0, 0.1) is 0 Å². The molecule has 0 spiro atoms. The molecular weight excluding hydrogens is 184 g/mol. The van der Waals surface area contributed by atoms with Gasteiger partial charge in [-0.1, -0.05) is 0 Å². The molecule has 2 aliphatic rings. The average Bonchev–Trinajstić information content (AvgIpc) is 2.45. The van der Waals surface area contributed by atoms with E-state index in [9.17, 15) is 14.7 Å². The van der Waals surface area contributed by atoms with Crippen LogP contribution in [0.3, 0.4) is 0 Å². The zero-order chi connectivity index (χ0) is 10.1. The molecule has 2 aliphatic heterocycles. The van der Waals surface area contributed by atoms with E-state index >= 15 is 0 Å². The highest BCUT2D eigenvalue weighted by atomic mass is 16.3. The molecular formula is C9H14N2O3. The van der Waals surface area contributed by atoms with Crippen LogP contribution in [0.15, 0.2) is 0 Å². The molecule has 0 aromatic rings. The maximum absolute atomic E-state index is 11.3. The lowest BCUT2D eigenvalue weighted by Gasteiger charge is -2.32. The number of rotatable bonds is 1. The van der Waals surface area contributed by atoms with Gasteiger partial charge in [0.15, 0.2) is 0 Å². The number of nitrogens with zero attached hydrogens (tertiary/aromatic N) is 1. The number of imide groups is 1. The van der Waals surface area contributed by atoms with E-state index in [1.165, 1.54) is 0 Å². The Morgan fingerprint density at radius 1 is 1.43 bits per heavy atom. The Bertz CT molecular complexity index is 267. The summed E-state index contributed by atoms with van der Waals surface area (Å²) in [5.41, 5.74) is 0. The van der Waals surface area contributed by atoms with Crippen LogP contribution < -0.4 is 5.32 Å². The number of carbonyl (C=O) groups excluding carboxylic acids is 2. The lowest BCUT2D eigenvalue weighted by Crippen LogP contribution is -2.47. The van der Waals surface area contributed by atoms with Gasteiger partial charge in [0.2, 0.25) is 11.8 Å².